The van der Waals surface area contributed by atoms with E-state index in [1.54, 1.807) is 6.07 Å². The number of carboxylic acid groups (broad SMARTS) is 1. The van der Waals surface area contributed by atoms with Crippen LogP contribution in [0.3, 0.4) is 0 Å². The molecule has 0 amide bonds. The molecular weight excluding hydrogens is 316 g/mol. The van der Waals surface area contributed by atoms with Gasteiger partial charge in [0.15, 0.2) is 0 Å². The maximum absolute atomic E-state index is 11.2. The zero-order chi connectivity index (χ0) is 10.9. The van der Waals surface area contributed by atoms with Crippen LogP contribution in [0.4, 0.5) is 0 Å². The molecule has 0 fully saturated rings. The lowest BCUT2D eigenvalue weighted by atomic mass is 10.1. The zero-order valence-corrected chi connectivity index (χ0v) is 10.3. The van der Waals surface area contributed by atoms with Crippen LogP contribution in [0, 0.1) is 6.92 Å². The van der Waals surface area contributed by atoms with Gasteiger partial charge in [-0.25, -0.2) is 4.79 Å². The third-order valence-electron chi connectivity index (χ3n) is 1.69. The first-order valence-electron chi connectivity index (χ1n) is 3.66. The van der Waals surface area contributed by atoms with Crippen LogP contribution < -0.4 is 0 Å². The van der Waals surface area contributed by atoms with Crippen molar-refractivity contribution in [3.63, 3.8) is 0 Å². The van der Waals surface area contributed by atoms with Gasteiger partial charge in [-0.15, -0.1) is 0 Å². The summed E-state index contributed by atoms with van der Waals surface area (Å²) in [4.78, 5) is 21.6. The van der Waals surface area contributed by atoms with Gasteiger partial charge in [-0.3, -0.25) is 4.79 Å². The number of hydrogen-bond donors (Lipinski definition) is 1. The van der Waals surface area contributed by atoms with Gasteiger partial charge in [0.1, 0.15) is 0 Å². The standard InChI is InChI=1S/C9H6Br2O3/c1-4-2-7(11)5(3-6(4)10)8(12)9(13)14/h2-3H,1H3,(H,13,14). The molecule has 0 radical (unpaired) electrons. The number of aliphatic carboxylic acids is 1. The molecule has 1 N–H and O–H groups in total. The predicted octanol–water partition coefficient (Wildman–Crippen LogP) is 2.79. The minimum absolute atomic E-state index is 0.148. The van der Waals surface area contributed by atoms with E-state index in [9.17, 15) is 9.59 Å². The number of ketones is 1. The van der Waals surface area contributed by atoms with E-state index in [1.807, 2.05) is 6.92 Å². The van der Waals surface area contributed by atoms with Crippen molar-refractivity contribution in [2.45, 2.75) is 6.92 Å². The summed E-state index contributed by atoms with van der Waals surface area (Å²) in [5.41, 5.74) is 1.08. The molecule has 1 aromatic carbocycles. The maximum Gasteiger partial charge on any atom is 0.377 e. The van der Waals surface area contributed by atoms with Gasteiger partial charge in [0.05, 0.1) is 0 Å². The second-order valence-electron chi connectivity index (χ2n) is 2.72. The van der Waals surface area contributed by atoms with Crippen molar-refractivity contribution < 1.29 is 14.7 Å². The highest BCUT2D eigenvalue weighted by molar-refractivity contribution is 9.11. The van der Waals surface area contributed by atoms with E-state index >= 15 is 0 Å². The molecule has 0 aliphatic carbocycles. The quantitative estimate of drug-likeness (QED) is 0.673. The SMILES string of the molecule is Cc1cc(Br)c(C(=O)C(=O)O)cc1Br. The number of aryl methyl sites for hydroxylation is 1. The highest BCUT2D eigenvalue weighted by Crippen LogP contribution is 2.25. The molecule has 0 saturated carbocycles. The minimum atomic E-state index is -1.46. The van der Waals surface area contributed by atoms with Gasteiger partial charge in [-0.05, 0) is 24.6 Å². The number of Topliss-reactive ketones (excluding diaryl/α,β-unsaturated/α-hetero) is 1. The highest BCUT2D eigenvalue weighted by atomic mass is 79.9. The van der Waals surface area contributed by atoms with Crippen molar-refractivity contribution in [1.29, 1.82) is 0 Å². The monoisotopic (exact) mass is 320 g/mol. The van der Waals surface area contributed by atoms with Gasteiger partial charge in [0.2, 0.25) is 0 Å². The van der Waals surface area contributed by atoms with E-state index in [0.717, 1.165) is 5.56 Å². The maximum atomic E-state index is 11.2. The van der Waals surface area contributed by atoms with Gasteiger partial charge in [-0.2, -0.15) is 0 Å². The Balaban J connectivity index is 3.29. The van der Waals surface area contributed by atoms with Crippen LogP contribution in [0.25, 0.3) is 0 Å². The molecule has 0 atom stereocenters. The summed E-state index contributed by atoms with van der Waals surface area (Å²) in [6.45, 7) is 1.85. The Morgan fingerprint density at radius 3 is 2.29 bits per heavy atom. The van der Waals surface area contributed by atoms with Crippen LogP contribution in [0.5, 0.6) is 0 Å². The molecule has 74 valence electrons. The fraction of sp³-hybridized carbons (Fsp3) is 0.111. The zero-order valence-electron chi connectivity index (χ0n) is 7.17. The summed E-state index contributed by atoms with van der Waals surface area (Å²) >= 11 is 6.38. The molecule has 0 bridgehead atoms. The molecule has 0 spiro atoms. The largest absolute Gasteiger partial charge is 0.475 e. The second-order valence-corrected chi connectivity index (χ2v) is 4.42. The minimum Gasteiger partial charge on any atom is -0.475 e. The van der Waals surface area contributed by atoms with Crippen molar-refractivity contribution in [2.24, 2.45) is 0 Å². The molecular formula is C9H6Br2O3. The van der Waals surface area contributed by atoms with Crippen molar-refractivity contribution in [1.82, 2.24) is 0 Å². The van der Waals surface area contributed by atoms with Crippen molar-refractivity contribution in [3.05, 3.63) is 32.2 Å². The molecule has 0 heterocycles. The molecule has 3 nitrogen and oxygen atoms in total. The van der Waals surface area contributed by atoms with Crippen LogP contribution in [0.1, 0.15) is 15.9 Å². The third kappa shape index (κ3) is 2.22. The Bertz CT molecular complexity index is 413. The fourth-order valence-corrected chi connectivity index (χ4v) is 1.92. The van der Waals surface area contributed by atoms with E-state index in [-0.39, 0.29) is 5.56 Å². The normalized spacial score (nSPS) is 9.93. The summed E-state index contributed by atoms with van der Waals surface area (Å²) in [7, 11) is 0. The summed E-state index contributed by atoms with van der Waals surface area (Å²) in [6, 6.07) is 3.19. The number of rotatable bonds is 2. The first-order chi connectivity index (χ1) is 6.43. The van der Waals surface area contributed by atoms with Gasteiger partial charge in [-0.1, -0.05) is 31.9 Å². The second kappa shape index (κ2) is 4.23. The summed E-state index contributed by atoms with van der Waals surface area (Å²) in [6.07, 6.45) is 0. The van der Waals surface area contributed by atoms with Crippen molar-refractivity contribution >= 4 is 43.6 Å². The molecule has 0 saturated heterocycles. The van der Waals surface area contributed by atoms with E-state index in [4.69, 9.17) is 5.11 Å². The highest BCUT2D eigenvalue weighted by Gasteiger charge is 2.18. The van der Waals surface area contributed by atoms with Crippen LogP contribution in [0.2, 0.25) is 0 Å². The topological polar surface area (TPSA) is 54.4 Å². The third-order valence-corrected chi connectivity index (χ3v) is 3.20. The van der Waals surface area contributed by atoms with E-state index in [1.165, 1.54) is 6.07 Å². The Morgan fingerprint density at radius 2 is 1.79 bits per heavy atom. The number of carbonyl (C=O) groups excluding carboxylic acids is 1. The van der Waals surface area contributed by atoms with E-state index in [2.05, 4.69) is 31.9 Å². The Hall–Kier alpha value is -0.680. The number of carboxylic acids is 1. The fourth-order valence-electron chi connectivity index (χ4n) is 0.935. The lowest BCUT2D eigenvalue weighted by Crippen LogP contribution is -2.13. The lowest BCUT2D eigenvalue weighted by Gasteiger charge is -2.04. The Kier molecular flexibility index (Phi) is 3.44. The molecule has 0 aromatic heterocycles. The number of carbonyl (C=O) groups is 2. The molecule has 0 aliphatic rings. The Morgan fingerprint density at radius 1 is 1.21 bits per heavy atom. The number of hydrogen-bond acceptors (Lipinski definition) is 2. The first kappa shape index (κ1) is 11.4. The lowest BCUT2D eigenvalue weighted by molar-refractivity contribution is -0.131. The van der Waals surface area contributed by atoms with Gasteiger partial charge >= 0.3 is 5.97 Å². The van der Waals surface area contributed by atoms with Crippen LogP contribution in [0.15, 0.2) is 21.1 Å². The number of halogens is 2. The van der Waals surface area contributed by atoms with Crippen LogP contribution >= 0.6 is 31.9 Å². The van der Waals surface area contributed by atoms with Gasteiger partial charge in [0.25, 0.3) is 5.78 Å². The summed E-state index contributed by atoms with van der Waals surface area (Å²) in [5.74, 6) is -2.38. The summed E-state index contributed by atoms with van der Waals surface area (Å²) < 4.78 is 1.20. The van der Waals surface area contributed by atoms with Crippen LogP contribution in [-0.4, -0.2) is 16.9 Å². The van der Waals surface area contributed by atoms with Crippen molar-refractivity contribution in [2.75, 3.05) is 0 Å². The number of benzene rings is 1. The van der Waals surface area contributed by atoms with Gasteiger partial charge < -0.3 is 5.11 Å². The average molecular weight is 322 g/mol. The van der Waals surface area contributed by atoms with E-state index < -0.39 is 11.8 Å². The Labute approximate surface area is 97.4 Å². The summed E-state index contributed by atoms with van der Waals surface area (Å²) in [5, 5.41) is 8.53. The molecule has 0 aliphatic heterocycles. The smallest absolute Gasteiger partial charge is 0.377 e. The molecule has 5 heteroatoms. The molecule has 0 unspecified atom stereocenters. The van der Waals surface area contributed by atoms with Gasteiger partial charge in [0, 0.05) is 14.5 Å². The van der Waals surface area contributed by atoms with Crippen molar-refractivity contribution in [3.8, 4) is 0 Å². The first-order valence-corrected chi connectivity index (χ1v) is 5.25. The molecule has 1 rings (SSSR count). The molecule has 1 aromatic rings. The average Bonchev–Trinajstić information content (AvgIpc) is 2.10. The molecule has 14 heavy (non-hydrogen) atoms. The van der Waals surface area contributed by atoms with Crippen LogP contribution in [-0.2, 0) is 4.79 Å². The van der Waals surface area contributed by atoms with E-state index in [0.29, 0.717) is 8.95 Å². The predicted molar refractivity (Wildman–Crippen MR) is 58.5 cm³/mol.